The van der Waals surface area contributed by atoms with E-state index < -0.39 is 6.04 Å². The first kappa shape index (κ1) is 19.0. The SMILES string of the molecule is COC(=O)C[C@H](NC(=O)c1cccc2c1O[C@@H](C)[C@H]2C)c1ccc(C)cc1. The van der Waals surface area contributed by atoms with Gasteiger partial charge in [0.2, 0.25) is 0 Å². The third-order valence-corrected chi connectivity index (χ3v) is 5.17. The van der Waals surface area contributed by atoms with Gasteiger partial charge in [-0.3, -0.25) is 9.59 Å². The number of rotatable bonds is 5. The molecule has 0 saturated heterocycles. The van der Waals surface area contributed by atoms with Crippen molar-refractivity contribution in [1.29, 1.82) is 0 Å². The molecule has 1 amide bonds. The van der Waals surface area contributed by atoms with Crippen molar-refractivity contribution < 1.29 is 19.1 Å². The van der Waals surface area contributed by atoms with Gasteiger partial charge in [0.15, 0.2) is 0 Å². The van der Waals surface area contributed by atoms with Gasteiger partial charge in [-0.05, 0) is 25.5 Å². The molecule has 0 bridgehead atoms. The predicted molar refractivity (Wildman–Crippen MR) is 103 cm³/mol. The summed E-state index contributed by atoms with van der Waals surface area (Å²) in [4.78, 5) is 24.9. The highest BCUT2D eigenvalue weighted by Crippen LogP contribution is 2.40. The van der Waals surface area contributed by atoms with E-state index in [1.54, 1.807) is 6.07 Å². The lowest BCUT2D eigenvalue weighted by Gasteiger charge is -2.19. The normalized spacial score (nSPS) is 19.0. The monoisotopic (exact) mass is 367 g/mol. The van der Waals surface area contributed by atoms with Crippen molar-refractivity contribution in [3.05, 3.63) is 64.7 Å². The van der Waals surface area contributed by atoms with Crippen molar-refractivity contribution in [3.8, 4) is 5.75 Å². The van der Waals surface area contributed by atoms with Gasteiger partial charge in [-0.1, -0.05) is 48.9 Å². The van der Waals surface area contributed by atoms with Gasteiger partial charge in [-0.25, -0.2) is 0 Å². The minimum absolute atomic E-state index is 0.0249. The number of methoxy groups -OCH3 is 1. The summed E-state index contributed by atoms with van der Waals surface area (Å²) in [6.07, 6.45) is 0.0884. The average Bonchev–Trinajstić information content (AvgIpc) is 2.96. The lowest BCUT2D eigenvalue weighted by Crippen LogP contribution is -2.30. The van der Waals surface area contributed by atoms with Crippen molar-refractivity contribution >= 4 is 11.9 Å². The summed E-state index contributed by atoms with van der Waals surface area (Å²) in [6.45, 7) is 6.08. The molecule has 2 aromatic rings. The van der Waals surface area contributed by atoms with Gasteiger partial charge >= 0.3 is 5.97 Å². The van der Waals surface area contributed by atoms with Crippen molar-refractivity contribution in [2.24, 2.45) is 0 Å². The quantitative estimate of drug-likeness (QED) is 0.814. The number of para-hydroxylation sites is 1. The summed E-state index contributed by atoms with van der Waals surface area (Å²) in [5.74, 6) is 0.228. The van der Waals surface area contributed by atoms with E-state index in [4.69, 9.17) is 9.47 Å². The molecular weight excluding hydrogens is 342 g/mol. The zero-order valence-corrected chi connectivity index (χ0v) is 16.1. The van der Waals surface area contributed by atoms with Crippen molar-refractivity contribution in [2.45, 2.75) is 45.3 Å². The number of carbonyl (C=O) groups is 2. The van der Waals surface area contributed by atoms with Gasteiger partial charge < -0.3 is 14.8 Å². The van der Waals surface area contributed by atoms with E-state index in [1.807, 2.05) is 50.2 Å². The number of nitrogens with one attached hydrogen (secondary N) is 1. The summed E-state index contributed by atoms with van der Waals surface area (Å²) in [6, 6.07) is 12.9. The van der Waals surface area contributed by atoms with E-state index in [1.165, 1.54) is 7.11 Å². The largest absolute Gasteiger partial charge is 0.489 e. The second-order valence-corrected chi connectivity index (χ2v) is 7.05. The Hall–Kier alpha value is -2.82. The number of hydrogen-bond acceptors (Lipinski definition) is 4. The molecule has 0 saturated carbocycles. The summed E-state index contributed by atoms with van der Waals surface area (Å²) >= 11 is 0. The van der Waals surface area contributed by atoms with Gasteiger partial charge in [-0.15, -0.1) is 0 Å². The van der Waals surface area contributed by atoms with Crippen LogP contribution in [0.4, 0.5) is 0 Å². The van der Waals surface area contributed by atoms with E-state index in [9.17, 15) is 9.59 Å². The first-order chi connectivity index (χ1) is 12.9. The fourth-order valence-electron chi connectivity index (χ4n) is 3.30. The molecule has 1 aliphatic heterocycles. The van der Waals surface area contributed by atoms with Gasteiger partial charge in [0.1, 0.15) is 11.9 Å². The van der Waals surface area contributed by atoms with Crippen LogP contribution in [0.25, 0.3) is 0 Å². The lowest BCUT2D eigenvalue weighted by atomic mass is 9.96. The maximum atomic E-state index is 13.0. The van der Waals surface area contributed by atoms with Crippen LogP contribution in [-0.4, -0.2) is 25.1 Å². The highest BCUT2D eigenvalue weighted by atomic mass is 16.5. The van der Waals surface area contributed by atoms with Crippen molar-refractivity contribution in [3.63, 3.8) is 0 Å². The Morgan fingerprint density at radius 3 is 2.52 bits per heavy atom. The van der Waals surface area contributed by atoms with Crippen LogP contribution in [0, 0.1) is 6.92 Å². The van der Waals surface area contributed by atoms with Gasteiger partial charge in [0.05, 0.1) is 25.1 Å². The Labute approximate surface area is 159 Å². The van der Waals surface area contributed by atoms with Gasteiger partial charge in [0.25, 0.3) is 5.91 Å². The van der Waals surface area contributed by atoms with Crippen LogP contribution in [-0.2, 0) is 9.53 Å². The highest BCUT2D eigenvalue weighted by Gasteiger charge is 2.31. The molecule has 3 rings (SSSR count). The number of fused-ring (bicyclic) bond motifs is 1. The Morgan fingerprint density at radius 2 is 1.85 bits per heavy atom. The van der Waals surface area contributed by atoms with Crippen molar-refractivity contribution in [2.75, 3.05) is 7.11 Å². The molecule has 5 heteroatoms. The number of aryl methyl sites for hydroxylation is 1. The van der Waals surface area contributed by atoms with Crippen molar-refractivity contribution in [1.82, 2.24) is 5.32 Å². The van der Waals surface area contributed by atoms with Crippen LogP contribution in [0.15, 0.2) is 42.5 Å². The molecule has 27 heavy (non-hydrogen) atoms. The van der Waals surface area contributed by atoms with Gasteiger partial charge in [0, 0.05) is 11.5 Å². The summed E-state index contributed by atoms with van der Waals surface area (Å²) in [5.41, 5.74) is 3.49. The van der Waals surface area contributed by atoms with Crippen LogP contribution >= 0.6 is 0 Å². The molecule has 2 aromatic carbocycles. The van der Waals surface area contributed by atoms with Crippen LogP contribution < -0.4 is 10.1 Å². The minimum atomic E-state index is -0.474. The summed E-state index contributed by atoms with van der Waals surface area (Å²) < 4.78 is 10.7. The van der Waals surface area contributed by atoms with E-state index in [0.717, 1.165) is 16.7 Å². The molecule has 0 spiro atoms. The third kappa shape index (κ3) is 3.97. The third-order valence-electron chi connectivity index (χ3n) is 5.17. The van der Waals surface area contributed by atoms with E-state index in [2.05, 4.69) is 12.2 Å². The molecular formula is C22H25NO4. The van der Waals surface area contributed by atoms with E-state index in [-0.39, 0.29) is 30.3 Å². The first-order valence-electron chi connectivity index (χ1n) is 9.14. The number of ether oxygens (including phenoxy) is 2. The average molecular weight is 367 g/mol. The summed E-state index contributed by atoms with van der Waals surface area (Å²) in [5, 5.41) is 2.97. The Kier molecular flexibility index (Phi) is 5.49. The fraction of sp³-hybridized carbons (Fsp3) is 0.364. The number of carbonyl (C=O) groups excluding carboxylic acids is 2. The number of benzene rings is 2. The molecule has 0 aliphatic carbocycles. The smallest absolute Gasteiger partial charge is 0.307 e. The number of amides is 1. The molecule has 3 atom stereocenters. The van der Waals surface area contributed by atoms with Crippen LogP contribution in [0.5, 0.6) is 5.75 Å². The topological polar surface area (TPSA) is 64.6 Å². The fourth-order valence-corrected chi connectivity index (χ4v) is 3.30. The molecule has 1 aliphatic rings. The zero-order valence-electron chi connectivity index (χ0n) is 16.1. The van der Waals surface area contributed by atoms with Crippen LogP contribution in [0.1, 0.15) is 59.3 Å². The predicted octanol–water partition coefficient (Wildman–Crippen LogP) is 3.91. The number of esters is 1. The summed E-state index contributed by atoms with van der Waals surface area (Å²) in [7, 11) is 1.34. The van der Waals surface area contributed by atoms with Gasteiger partial charge in [-0.2, -0.15) is 0 Å². The molecule has 0 radical (unpaired) electrons. The Bertz CT molecular complexity index is 844. The standard InChI is InChI=1S/C22H25NO4/c1-13-8-10-16(11-9-13)19(12-20(24)26-4)23-22(25)18-7-5-6-17-14(2)15(3)27-21(17)18/h5-11,14-15,19H,12H2,1-4H3,(H,23,25)/t14-,15+,19+/m1/s1. The lowest BCUT2D eigenvalue weighted by molar-refractivity contribution is -0.141. The maximum absolute atomic E-state index is 13.0. The zero-order chi connectivity index (χ0) is 19.6. The molecule has 142 valence electrons. The number of hydrogen-bond donors (Lipinski definition) is 1. The van der Waals surface area contributed by atoms with E-state index in [0.29, 0.717) is 11.3 Å². The first-order valence-corrected chi connectivity index (χ1v) is 9.14. The molecule has 0 unspecified atom stereocenters. The van der Waals surface area contributed by atoms with E-state index >= 15 is 0 Å². The maximum Gasteiger partial charge on any atom is 0.307 e. The van der Waals surface area contributed by atoms with Crippen LogP contribution in [0.2, 0.25) is 0 Å². The Balaban J connectivity index is 1.87. The molecule has 0 fully saturated rings. The second kappa shape index (κ2) is 7.82. The second-order valence-electron chi connectivity index (χ2n) is 7.05. The molecule has 1 N–H and O–H groups in total. The van der Waals surface area contributed by atoms with Crippen LogP contribution in [0.3, 0.4) is 0 Å². The molecule has 0 aromatic heterocycles. The Morgan fingerprint density at radius 1 is 1.15 bits per heavy atom. The minimum Gasteiger partial charge on any atom is -0.489 e. The highest BCUT2D eigenvalue weighted by molar-refractivity contribution is 5.98. The molecule has 1 heterocycles. The molecule has 5 nitrogen and oxygen atoms in total.